The first-order chi connectivity index (χ1) is 31.3. The van der Waals surface area contributed by atoms with Gasteiger partial charge in [-0.15, -0.1) is 19.3 Å². The van der Waals surface area contributed by atoms with Gasteiger partial charge in [0.2, 0.25) is 17.7 Å². The van der Waals surface area contributed by atoms with Crippen molar-refractivity contribution in [1.29, 1.82) is 0 Å². The van der Waals surface area contributed by atoms with Crippen LogP contribution in [0.1, 0.15) is 70.2 Å². The van der Waals surface area contributed by atoms with Crippen molar-refractivity contribution in [2.45, 2.75) is 71.0 Å². The van der Waals surface area contributed by atoms with Gasteiger partial charge in [-0.2, -0.15) is 0 Å². The lowest BCUT2D eigenvalue weighted by Crippen LogP contribution is -2.50. The third-order valence-corrected chi connectivity index (χ3v) is 12.7. The molecule has 0 aromatic heterocycles. The first kappa shape index (κ1) is 59.2. The zero-order chi connectivity index (χ0) is 47.6. The van der Waals surface area contributed by atoms with Crippen molar-refractivity contribution in [1.82, 2.24) is 21.3 Å². The maximum Gasteiger partial charge on any atom is 0.251 e. The number of terminal acetylenes is 3. The molecule has 0 saturated heterocycles. The molecule has 0 fully saturated rings. The second-order valence-electron chi connectivity index (χ2n) is 14.7. The highest BCUT2D eigenvalue weighted by molar-refractivity contribution is 8.09. The first-order valence-corrected chi connectivity index (χ1v) is 24.2. The van der Waals surface area contributed by atoms with Crippen molar-refractivity contribution in [2.24, 2.45) is 0 Å². The molecule has 18 heteroatoms. The molecule has 0 aliphatic heterocycles. The molecular formula is C48H68N4O12PS-. The molecule has 0 spiro atoms. The van der Waals surface area contributed by atoms with Crippen molar-refractivity contribution in [3.8, 4) is 53.9 Å². The fourth-order valence-electron chi connectivity index (χ4n) is 5.81. The van der Waals surface area contributed by atoms with Crippen LogP contribution in [0.3, 0.4) is 0 Å². The van der Waals surface area contributed by atoms with Crippen LogP contribution in [0.5, 0.6) is 5.75 Å². The third kappa shape index (κ3) is 26.3. The minimum absolute atomic E-state index is 0. The average molecular weight is 956 g/mol. The minimum Gasteiger partial charge on any atom is -0.791 e. The molecule has 4 N–H and O–H groups in total. The van der Waals surface area contributed by atoms with E-state index in [0.29, 0.717) is 51.0 Å². The Morgan fingerprint density at radius 2 is 0.955 bits per heavy atom. The molecule has 0 bridgehead atoms. The van der Waals surface area contributed by atoms with Gasteiger partial charge < -0.3 is 59.1 Å². The van der Waals surface area contributed by atoms with Gasteiger partial charge in [0.25, 0.3) is 5.91 Å². The van der Waals surface area contributed by atoms with Gasteiger partial charge in [-0.3, -0.25) is 19.2 Å². The van der Waals surface area contributed by atoms with E-state index in [1.165, 1.54) is 0 Å². The zero-order valence-electron chi connectivity index (χ0n) is 37.5. The Balaban J connectivity index is 0.0000218. The van der Waals surface area contributed by atoms with E-state index < -0.39 is 17.9 Å². The highest BCUT2D eigenvalue weighted by Gasteiger charge is 2.34. The molecule has 364 valence electrons. The lowest BCUT2D eigenvalue weighted by Gasteiger charge is -2.35. The van der Waals surface area contributed by atoms with Crippen LogP contribution in [-0.4, -0.2) is 134 Å². The molecule has 1 atom stereocenters. The Hall–Kier alpha value is -4.83. The smallest absolute Gasteiger partial charge is 0.251 e. The van der Waals surface area contributed by atoms with Crippen molar-refractivity contribution >= 4 is 41.9 Å². The van der Waals surface area contributed by atoms with Gasteiger partial charge in [-0.05, 0) is 54.7 Å². The molecule has 1 unspecified atom stereocenters. The van der Waals surface area contributed by atoms with Crippen molar-refractivity contribution in [3.05, 3.63) is 54.1 Å². The third-order valence-electron chi connectivity index (χ3n) is 9.45. The molecule has 2 rings (SSSR count). The van der Waals surface area contributed by atoms with E-state index in [9.17, 15) is 24.1 Å². The minimum atomic E-state index is -3.25. The fourth-order valence-corrected chi connectivity index (χ4v) is 6.70. The fraction of sp³-hybridized carbons (Fsp3) is 0.542. The largest absolute Gasteiger partial charge is 0.791 e. The standard InChI is InChI=1S/C47H65N4O12PS.CH4/c1-6-26-57-32-35-60-29-23-48-43(52)17-20-47(21-18-44(53)49-24-30-61-36-33-58-27-7-2,22-19-45(54)50-25-31-62-37-34-59-28-8-3)51-46(55)41-11-9-39(10-12-41)40-13-15-42(16-14-40)63-64(56,65)38(4)5;/h1-3,9-16,38H,17-37H2,4-5H3,(H,48,52)(H,49,53)(H,50,54)(H,51,55)(H,56,65);1H4/p-1. The average Bonchev–Trinajstić information content (AvgIpc) is 3.29. The molecule has 0 aliphatic rings. The highest BCUT2D eigenvalue weighted by atomic mass is 32.5. The lowest BCUT2D eigenvalue weighted by atomic mass is 9.82. The summed E-state index contributed by atoms with van der Waals surface area (Å²) in [7, 11) is 0. The number of amides is 4. The van der Waals surface area contributed by atoms with Crippen LogP contribution in [0.25, 0.3) is 11.1 Å². The molecule has 2 aromatic carbocycles. The lowest BCUT2D eigenvalue weighted by molar-refractivity contribution is -0.177. The number of hydrogen-bond acceptors (Lipinski definition) is 13. The molecule has 0 saturated carbocycles. The number of carbonyl (C=O) groups excluding carboxylic acids is 4. The molecule has 2 aromatic rings. The summed E-state index contributed by atoms with van der Waals surface area (Å²) in [4.78, 5) is 66.3. The van der Waals surface area contributed by atoms with Gasteiger partial charge in [-0.25, -0.2) is 0 Å². The number of rotatable bonds is 36. The Kier molecular flexibility index (Phi) is 31.7. The Labute approximate surface area is 396 Å². The normalized spacial score (nSPS) is 11.8. The summed E-state index contributed by atoms with van der Waals surface area (Å²) in [5.74, 6) is 6.13. The SMILES string of the molecule is C.C#CCOCCOCCNC(=O)CCC(CCC(=O)NCCOCCOCC#C)(CCC(=O)NCCOCCOCC#C)NC(=O)c1ccc(-c2ccc(OP([O-])(=S)C(C)C)cc2)cc1. The van der Waals surface area contributed by atoms with Crippen molar-refractivity contribution in [3.63, 3.8) is 0 Å². The van der Waals surface area contributed by atoms with Crippen LogP contribution in [0.2, 0.25) is 0 Å². The number of nitrogens with one attached hydrogen (secondary N) is 4. The number of carbonyl (C=O) groups is 4. The van der Waals surface area contributed by atoms with Gasteiger partial charge in [0, 0.05) is 62.1 Å². The summed E-state index contributed by atoms with van der Waals surface area (Å²) < 4.78 is 37.6. The number of ether oxygens (including phenoxy) is 6. The topological polar surface area (TPSA) is 204 Å². The second-order valence-corrected chi connectivity index (χ2v) is 18.5. The maximum atomic E-state index is 14.1. The Morgan fingerprint density at radius 1 is 0.606 bits per heavy atom. The summed E-state index contributed by atoms with van der Waals surface area (Å²) in [6.07, 6.45) is 15.8. The van der Waals surface area contributed by atoms with E-state index >= 15 is 0 Å². The van der Waals surface area contributed by atoms with E-state index in [2.05, 4.69) is 39.0 Å². The molecule has 4 amide bonds. The van der Waals surface area contributed by atoms with Gasteiger partial charge in [-0.1, -0.05) is 75.1 Å². The maximum absolute atomic E-state index is 14.1. The highest BCUT2D eigenvalue weighted by Crippen LogP contribution is 2.43. The van der Waals surface area contributed by atoms with Crippen LogP contribution < -0.4 is 30.7 Å². The van der Waals surface area contributed by atoms with Crippen molar-refractivity contribution < 1.29 is 57.0 Å². The quantitative estimate of drug-likeness (QED) is 0.0439. The van der Waals surface area contributed by atoms with Gasteiger partial charge >= 0.3 is 0 Å². The van der Waals surface area contributed by atoms with E-state index in [1.54, 1.807) is 62.4 Å². The molecule has 66 heavy (non-hydrogen) atoms. The predicted molar refractivity (Wildman–Crippen MR) is 257 cm³/mol. The molecule has 0 radical (unpaired) electrons. The molecule has 16 nitrogen and oxygen atoms in total. The zero-order valence-corrected chi connectivity index (χ0v) is 39.2. The molecular weight excluding hydrogens is 888 g/mol. The van der Waals surface area contributed by atoms with Crippen LogP contribution >= 0.6 is 6.49 Å². The van der Waals surface area contributed by atoms with Gasteiger partial charge in [0.1, 0.15) is 25.6 Å². The van der Waals surface area contributed by atoms with Crippen LogP contribution in [0.4, 0.5) is 0 Å². The van der Waals surface area contributed by atoms with Gasteiger partial charge in [0.15, 0.2) is 0 Å². The summed E-state index contributed by atoms with van der Waals surface area (Å²) in [6.45, 7) is 4.02. The Bertz CT molecular complexity index is 1780. The number of benzene rings is 2. The van der Waals surface area contributed by atoms with E-state index in [0.717, 1.165) is 11.1 Å². The summed E-state index contributed by atoms with van der Waals surface area (Å²) in [5, 5.41) is 11.6. The van der Waals surface area contributed by atoms with Crippen molar-refractivity contribution in [2.75, 3.05) is 98.9 Å². The summed E-state index contributed by atoms with van der Waals surface area (Å²) in [6, 6.07) is 13.9. The second kappa shape index (κ2) is 35.4. The molecule has 0 heterocycles. The summed E-state index contributed by atoms with van der Waals surface area (Å²) >= 11 is 5.16. The first-order valence-electron chi connectivity index (χ1n) is 21.4. The predicted octanol–water partition coefficient (Wildman–Crippen LogP) is 3.60. The van der Waals surface area contributed by atoms with Crippen LogP contribution in [0, 0.1) is 37.0 Å². The number of hydrogen-bond donors (Lipinski definition) is 4. The van der Waals surface area contributed by atoms with E-state index in [1.807, 2.05) is 0 Å². The summed E-state index contributed by atoms with van der Waals surface area (Å²) in [5.41, 5.74) is 0.435. The molecule has 0 aliphatic carbocycles. The monoisotopic (exact) mass is 955 g/mol. The van der Waals surface area contributed by atoms with Gasteiger partial charge in [0.05, 0.1) is 59.5 Å². The van der Waals surface area contributed by atoms with Crippen LogP contribution in [0.15, 0.2) is 48.5 Å². The Morgan fingerprint density at radius 3 is 1.30 bits per heavy atom. The van der Waals surface area contributed by atoms with E-state index in [-0.39, 0.29) is 129 Å². The van der Waals surface area contributed by atoms with E-state index in [4.69, 9.17) is 64.0 Å². The van der Waals surface area contributed by atoms with Crippen LogP contribution in [-0.2, 0) is 54.6 Å².